The van der Waals surface area contributed by atoms with Gasteiger partial charge in [-0.15, -0.1) is 13.2 Å². The molecule has 0 bridgehead atoms. The Morgan fingerprint density at radius 1 is 1.19 bits per heavy atom. The molecule has 0 rings (SSSR count). The molecule has 3 atom stereocenters. The highest BCUT2D eigenvalue weighted by Crippen LogP contribution is 2.12. The second kappa shape index (κ2) is 8.14. The van der Waals surface area contributed by atoms with Crippen molar-refractivity contribution in [3.8, 4) is 0 Å². The average molecular weight is 224 g/mol. The Labute approximate surface area is 99.4 Å². The lowest BCUT2D eigenvalue weighted by Crippen LogP contribution is -2.17. The normalized spacial score (nSPS) is 15.9. The van der Waals surface area contributed by atoms with Crippen LogP contribution in [0.3, 0.4) is 0 Å². The van der Waals surface area contributed by atoms with Crippen molar-refractivity contribution in [2.45, 2.75) is 46.1 Å². The molecule has 92 valence electrons. The summed E-state index contributed by atoms with van der Waals surface area (Å²) >= 11 is 0. The molecular formula is C14H24O2. The van der Waals surface area contributed by atoms with Gasteiger partial charge in [0.25, 0.3) is 0 Å². The van der Waals surface area contributed by atoms with Gasteiger partial charge in [-0.25, -0.2) is 0 Å². The first-order chi connectivity index (χ1) is 7.49. The van der Waals surface area contributed by atoms with Gasteiger partial charge in [0.1, 0.15) is 0 Å². The molecule has 0 aromatic rings. The topological polar surface area (TPSA) is 26.3 Å². The third-order valence-electron chi connectivity index (χ3n) is 2.64. The van der Waals surface area contributed by atoms with E-state index < -0.39 is 0 Å². The number of ether oxygens (including phenoxy) is 1. The van der Waals surface area contributed by atoms with E-state index in [1.165, 1.54) is 0 Å². The van der Waals surface area contributed by atoms with Gasteiger partial charge in [0.05, 0.1) is 6.10 Å². The minimum atomic E-state index is -0.113. The second-order valence-corrected chi connectivity index (χ2v) is 4.50. The van der Waals surface area contributed by atoms with E-state index >= 15 is 0 Å². The molecule has 2 nitrogen and oxygen atoms in total. The Balaban J connectivity index is 3.77. The summed E-state index contributed by atoms with van der Waals surface area (Å²) in [5.41, 5.74) is 0. The molecular weight excluding hydrogens is 200 g/mol. The van der Waals surface area contributed by atoms with E-state index in [0.29, 0.717) is 18.3 Å². The fraction of sp³-hybridized carbons (Fsp3) is 0.643. The SMILES string of the molecule is C=C[C@@H](C)CCC(=O)O[C@H](C)C[C@H](C)C=C. The summed E-state index contributed by atoms with van der Waals surface area (Å²) in [6.45, 7) is 13.4. The van der Waals surface area contributed by atoms with Crippen molar-refractivity contribution in [3.63, 3.8) is 0 Å². The molecule has 0 spiro atoms. The van der Waals surface area contributed by atoms with Crippen molar-refractivity contribution in [1.29, 1.82) is 0 Å². The molecule has 2 heteroatoms. The molecule has 0 aliphatic rings. The summed E-state index contributed by atoms with van der Waals surface area (Å²) in [4.78, 5) is 11.5. The molecule has 0 aliphatic carbocycles. The average Bonchev–Trinajstić information content (AvgIpc) is 2.25. The molecule has 0 saturated carbocycles. The maximum absolute atomic E-state index is 11.5. The first-order valence-corrected chi connectivity index (χ1v) is 5.94. The van der Waals surface area contributed by atoms with Crippen molar-refractivity contribution in [2.24, 2.45) is 11.8 Å². The standard InChI is InChI=1S/C14H24O2/c1-6-11(3)8-9-14(15)16-13(5)10-12(4)7-2/h6-7,11-13H,1-2,8-10H2,3-5H3/t11-,12-,13-/m1/s1. The fourth-order valence-corrected chi connectivity index (χ4v) is 1.41. The first-order valence-electron chi connectivity index (χ1n) is 5.94. The van der Waals surface area contributed by atoms with Gasteiger partial charge in [-0.1, -0.05) is 26.0 Å². The van der Waals surface area contributed by atoms with E-state index in [2.05, 4.69) is 20.1 Å². The van der Waals surface area contributed by atoms with Gasteiger partial charge in [-0.3, -0.25) is 4.79 Å². The summed E-state index contributed by atoms with van der Waals surface area (Å²) in [6, 6.07) is 0. The lowest BCUT2D eigenvalue weighted by Gasteiger charge is -2.16. The minimum absolute atomic E-state index is 0.0282. The molecule has 0 aromatic heterocycles. The van der Waals surface area contributed by atoms with Crippen LogP contribution in [0.5, 0.6) is 0 Å². The molecule has 0 unspecified atom stereocenters. The quantitative estimate of drug-likeness (QED) is 0.464. The zero-order chi connectivity index (χ0) is 12.6. The number of hydrogen-bond acceptors (Lipinski definition) is 2. The fourth-order valence-electron chi connectivity index (χ4n) is 1.41. The van der Waals surface area contributed by atoms with Crippen molar-refractivity contribution in [3.05, 3.63) is 25.3 Å². The Morgan fingerprint density at radius 3 is 2.25 bits per heavy atom. The van der Waals surface area contributed by atoms with Crippen LogP contribution in [0.2, 0.25) is 0 Å². The summed E-state index contributed by atoms with van der Waals surface area (Å²) in [7, 11) is 0. The monoisotopic (exact) mass is 224 g/mol. The van der Waals surface area contributed by atoms with Gasteiger partial charge in [0.15, 0.2) is 0 Å². The highest BCUT2D eigenvalue weighted by Gasteiger charge is 2.12. The number of rotatable bonds is 8. The van der Waals surface area contributed by atoms with Crippen LogP contribution in [-0.2, 0) is 9.53 Å². The summed E-state index contributed by atoms with van der Waals surface area (Å²) in [5.74, 6) is 0.641. The molecule has 0 radical (unpaired) electrons. The van der Waals surface area contributed by atoms with Gasteiger partial charge >= 0.3 is 5.97 Å². The third kappa shape index (κ3) is 7.27. The van der Waals surface area contributed by atoms with Gasteiger partial charge < -0.3 is 4.74 Å². The zero-order valence-electron chi connectivity index (χ0n) is 10.7. The first kappa shape index (κ1) is 14.9. The van der Waals surface area contributed by atoms with E-state index in [9.17, 15) is 4.79 Å². The largest absolute Gasteiger partial charge is 0.463 e. The molecule has 0 aromatic carbocycles. The van der Waals surface area contributed by atoms with Gasteiger partial charge in [-0.05, 0) is 31.6 Å². The third-order valence-corrected chi connectivity index (χ3v) is 2.64. The molecule has 0 fully saturated rings. The molecule has 0 saturated heterocycles. The summed E-state index contributed by atoms with van der Waals surface area (Å²) < 4.78 is 5.30. The highest BCUT2D eigenvalue weighted by molar-refractivity contribution is 5.69. The molecule has 0 heterocycles. The number of carbonyl (C=O) groups excluding carboxylic acids is 1. The van der Waals surface area contributed by atoms with Gasteiger partial charge in [0, 0.05) is 6.42 Å². The Kier molecular flexibility index (Phi) is 7.61. The van der Waals surface area contributed by atoms with Crippen LogP contribution in [0.15, 0.2) is 25.3 Å². The lowest BCUT2D eigenvalue weighted by atomic mass is 10.0. The Hall–Kier alpha value is -1.05. The lowest BCUT2D eigenvalue weighted by molar-refractivity contribution is -0.149. The summed E-state index contributed by atoms with van der Waals surface area (Å²) in [6.07, 6.45) is 5.83. The van der Waals surface area contributed by atoms with E-state index in [1.807, 2.05) is 26.0 Å². The van der Waals surface area contributed by atoms with Crippen LogP contribution in [0.1, 0.15) is 40.0 Å². The van der Waals surface area contributed by atoms with Crippen LogP contribution in [0.4, 0.5) is 0 Å². The molecule has 0 amide bonds. The van der Waals surface area contributed by atoms with Crippen molar-refractivity contribution >= 4 is 5.97 Å². The van der Waals surface area contributed by atoms with Crippen molar-refractivity contribution in [1.82, 2.24) is 0 Å². The van der Waals surface area contributed by atoms with Gasteiger partial charge in [-0.2, -0.15) is 0 Å². The van der Waals surface area contributed by atoms with Crippen LogP contribution in [0, 0.1) is 11.8 Å². The van der Waals surface area contributed by atoms with E-state index in [0.717, 1.165) is 12.8 Å². The smallest absolute Gasteiger partial charge is 0.306 e. The maximum atomic E-state index is 11.5. The van der Waals surface area contributed by atoms with E-state index in [4.69, 9.17) is 4.74 Å². The predicted molar refractivity (Wildman–Crippen MR) is 68.1 cm³/mol. The van der Waals surface area contributed by atoms with Crippen LogP contribution < -0.4 is 0 Å². The number of esters is 1. The van der Waals surface area contributed by atoms with Crippen molar-refractivity contribution in [2.75, 3.05) is 0 Å². The van der Waals surface area contributed by atoms with Crippen LogP contribution in [0.25, 0.3) is 0 Å². The summed E-state index contributed by atoms with van der Waals surface area (Å²) in [5, 5.41) is 0. The minimum Gasteiger partial charge on any atom is -0.463 e. The Morgan fingerprint density at radius 2 is 1.75 bits per heavy atom. The van der Waals surface area contributed by atoms with Gasteiger partial charge in [0.2, 0.25) is 0 Å². The molecule has 0 N–H and O–H groups in total. The molecule has 16 heavy (non-hydrogen) atoms. The highest BCUT2D eigenvalue weighted by atomic mass is 16.5. The second-order valence-electron chi connectivity index (χ2n) is 4.50. The van der Waals surface area contributed by atoms with E-state index in [-0.39, 0.29) is 12.1 Å². The predicted octanol–water partition coefficient (Wildman–Crippen LogP) is 3.73. The van der Waals surface area contributed by atoms with Crippen molar-refractivity contribution < 1.29 is 9.53 Å². The Bertz CT molecular complexity index is 233. The number of hydrogen-bond donors (Lipinski definition) is 0. The van der Waals surface area contributed by atoms with Crippen LogP contribution >= 0.6 is 0 Å². The number of carbonyl (C=O) groups is 1. The number of allylic oxidation sites excluding steroid dienone is 2. The van der Waals surface area contributed by atoms with E-state index in [1.54, 1.807) is 0 Å². The van der Waals surface area contributed by atoms with Crippen LogP contribution in [-0.4, -0.2) is 12.1 Å². The molecule has 0 aliphatic heterocycles. The maximum Gasteiger partial charge on any atom is 0.306 e. The zero-order valence-corrected chi connectivity index (χ0v) is 10.7.